The molecule has 0 aliphatic carbocycles. The summed E-state index contributed by atoms with van der Waals surface area (Å²) < 4.78 is 13.1. The fraction of sp³-hybridized carbons (Fsp3) is 0.455. The molecule has 0 bridgehead atoms. The molecule has 1 aliphatic rings. The Balaban J connectivity index is 2.30. The van der Waals surface area contributed by atoms with Crippen molar-refractivity contribution in [2.45, 2.75) is 18.4 Å². The molecule has 0 amide bonds. The lowest BCUT2D eigenvalue weighted by molar-refractivity contribution is -0.385. The molecule has 0 aromatic heterocycles. The van der Waals surface area contributed by atoms with Crippen LogP contribution in [-0.2, 0) is 6.42 Å². The lowest BCUT2D eigenvalue weighted by Crippen LogP contribution is -2.34. The molecule has 1 atom stereocenters. The van der Waals surface area contributed by atoms with E-state index in [1.165, 1.54) is 0 Å². The van der Waals surface area contributed by atoms with Gasteiger partial charge in [0.1, 0.15) is 5.82 Å². The summed E-state index contributed by atoms with van der Waals surface area (Å²) >= 11 is 0. The first-order valence-corrected chi connectivity index (χ1v) is 5.36. The van der Waals surface area contributed by atoms with Crippen LogP contribution in [0.4, 0.5) is 10.1 Å². The second-order valence-electron chi connectivity index (χ2n) is 4.36. The summed E-state index contributed by atoms with van der Waals surface area (Å²) in [5.41, 5.74) is -0.925. The van der Waals surface area contributed by atoms with Crippen LogP contribution in [0.1, 0.15) is 12.0 Å². The second kappa shape index (κ2) is 4.38. The normalized spacial score (nSPS) is 23.9. The number of nitro benzene ring substituents is 1. The predicted molar refractivity (Wildman–Crippen MR) is 59.2 cm³/mol. The van der Waals surface area contributed by atoms with E-state index in [1.54, 1.807) is 0 Å². The van der Waals surface area contributed by atoms with E-state index >= 15 is 0 Å². The molecule has 2 rings (SSSR count). The number of β-amino-alcohol motifs (C(OH)–C–C–N with tert-alkyl or cyclic N) is 1. The SMILES string of the molecule is O=[N+]([O-])c1ccc(F)cc1CC1(O)CCNC1. The average molecular weight is 240 g/mol. The Morgan fingerprint density at radius 1 is 1.59 bits per heavy atom. The smallest absolute Gasteiger partial charge is 0.272 e. The van der Waals surface area contributed by atoms with Gasteiger partial charge in [0.25, 0.3) is 5.69 Å². The lowest BCUT2D eigenvalue weighted by atomic mass is 9.93. The average Bonchev–Trinajstić information content (AvgIpc) is 2.64. The predicted octanol–water partition coefficient (Wildman–Crippen LogP) is 1.00. The highest BCUT2D eigenvalue weighted by Gasteiger charge is 2.33. The van der Waals surface area contributed by atoms with Gasteiger partial charge < -0.3 is 10.4 Å². The van der Waals surface area contributed by atoms with Crippen molar-refractivity contribution in [1.29, 1.82) is 0 Å². The number of rotatable bonds is 3. The number of nitrogens with one attached hydrogen (secondary N) is 1. The Labute approximate surface area is 97.4 Å². The van der Waals surface area contributed by atoms with Gasteiger partial charge in [-0.05, 0) is 25.1 Å². The molecule has 1 unspecified atom stereocenters. The Kier molecular flexibility index (Phi) is 3.08. The van der Waals surface area contributed by atoms with Crippen molar-refractivity contribution < 1.29 is 14.4 Å². The zero-order valence-corrected chi connectivity index (χ0v) is 9.15. The first-order valence-electron chi connectivity index (χ1n) is 5.36. The largest absolute Gasteiger partial charge is 0.388 e. The van der Waals surface area contributed by atoms with Crippen LogP contribution in [0.15, 0.2) is 18.2 Å². The molecule has 17 heavy (non-hydrogen) atoms. The zero-order chi connectivity index (χ0) is 12.5. The topological polar surface area (TPSA) is 75.4 Å². The molecule has 1 fully saturated rings. The van der Waals surface area contributed by atoms with Gasteiger partial charge in [0.15, 0.2) is 0 Å². The van der Waals surface area contributed by atoms with Crippen LogP contribution >= 0.6 is 0 Å². The quantitative estimate of drug-likeness (QED) is 0.610. The summed E-state index contributed by atoms with van der Waals surface area (Å²) in [5.74, 6) is -0.528. The number of nitrogens with zero attached hydrogens (tertiary/aromatic N) is 1. The van der Waals surface area contributed by atoms with Crippen molar-refractivity contribution in [2.75, 3.05) is 13.1 Å². The summed E-state index contributed by atoms with van der Waals surface area (Å²) in [4.78, 5) is 10.2. The van der Waals surface area contributed by atoms with Crippen molar-refractivity contribution in [3.05, 3.63) is 39.7 Å². The van der Waals surface area contributed by atoms with Gasteiger partial charge in [-0.1, -0.05) is 0 Å². The van der Waals surface area contributed by atoms with Gasteiger partial charge in [-0.15, -0.1) is 0 Å². The van der Waals surface area contributed by atoms with Crippen LogP contribution in [0, 0.1) is 15.9 Å². The highest BCUT2D eigenvalue weighted by Crippen LogP contribution is 2.27. The molecule has 1 saturated heterocycles. The molecule has 1 aromatic carbocycles. The van der Waals surface area contributed by atoms with Crippen molar-refractivity contribution in [2.24, 2.45) is 0 Å². The third-order valence-electron chi connectivity index (χ3n) is 2.98. The van der Waals surface area contributed by atoms with Gasteiger partial charge in [-0.3, -0.25) is 10.1 Å². The third-order valence-corrected chi connectivity index (χ3v) is 2.98. The number of hydrogen-bond acceptors (Lipinski definition) is 4. The number of aliphatic hydroxyl groups is 1. The van der Waals surface area contributed by atoms with Crippen molar-refractivity contribution in [1.82, 2.24) is 5.32 Å². The van der Waals surface area contributed by atoms with E-state index in [0.717, 1.165) is 18.2 Å². The highest BCUT2D eigenvalue weighted by atomic mass is 19.1. The molecule has 1 aliphatic heterocycles. The van der Waals surface area contributed by atoms with Crippen LogP contribution in [-0.4, -0.2) is 28.7 Å². The minimum Gasteiger partial charge on any atom is -0.388 e. The van der Waals surface area contributed by atoms with Crippen LogP contribution in [0.5, 0.6) is 0 Å². The summed E-state index contributed by atoms with van der Waals surface area (Å²) in [7, 11) is 0. The molecular weight excluding hydrogens is 227 g/mol. The Hall–Kier alpha value is -1.53. The van der Waals surface area contributed by atoms with Crippen LogP contribution in [0.25, 0.3) is 0 Å². The van der Waals surface area contributed by atoms with E-state index < -0.39 is 16.3 Å². The molecule has 0 spiro atoms. The maximum Gasteiger partial charge on any atom is 0.272 e. The summed E-state index contributed by atoms with van der Waals surface area (Å²) in [5, 5.41) is 23.9. The molecule has 1 heterocycles. The summed E-state index contributed by atoms with van der Waals surface area (Å²) in [6.45, 7) is 1.04. The maximum absolute atomic E-state index is 13.1. The third kappa shape index (κ3) is 2.59. The van der Waals surface area contributed by atoms with Gasteiger partial charge in [-0.25, -0.2) is 4.39 Å². The molecule has 6 heteroatoms. The first-order chi connectivity index (χ1) is 8.00. The van der Waals surface area contributed by atoms with Gasteiger partial charge in [0.05, 0.1) is 10.5 Å². The fourth-order valence-electron chi connectivity index (χ4n) is 2.11. The Bertz CT molecular complexity index is 444. The molecular formula is C11H13FN2O3. The Morgan fingerprint density at radius 2 is 2.35 bits per heavy atom. The number of halogens is 1. The van der Waals surface area contributed by atoms with Gasteiger partial charge in [0, 0.05) is 24.6 Å². The zero-order valence-electron chi connectivity index (χ0n) is 9.15. The summed E-state index contributed by atoms with van der Waals surface area (Å²) in [6, 6.07) is 3.31. The first kappa shape index (κ1) is 11.9. The maximum atomic E-state index is 13.1. The second-order valence-corrected chi connectivity index (χ2v) is 4.36. The molecule has 92 valence electrons. The van der Waals surface area contributed by atoms with E-state index in [4.69, 9.17) is 0 Å². The van der Waals surface area contributed by atoms with Crippen LogP contribution in [0.3, 0.4) is 0 Å². The van der Waals surface area contributed by atoms with Gasteiger partial charge in [-0.2, -0.15) is 0 Å². The molecule has 0 saturated carbocycles. The highest BCUT2D eigenvalue weighted by molar-refractivity contribution is 5.41. The van der Waals surface area contributed by atoms with Crippen LogP contribution in [0.2, 0.25) is 0 Å². The van der Waals surface area contributed by atoms with Crippen molar-refractivity contribution >= 4 is 5.69 Å². The van der Waals surface area contributed by atoms with Gasteiger partial charge in [0.2, 0.25) is 0 Å². The lowest BCUT2D eigenvalue weighted by Gasteiger charge is -2.20. The van der Waals surface area contributed by atoms with Crippen molar-refractivity contribution in [3.63, 3.8) is 0 Å². The standard InChI is InChI=1S/C11H13FN2O3/c12-9-1-2-10(14(16)17)8(5-9)6-11(15)3-4-13-7-11/h1-2,5,13,15H,3-4,6-7H2. The summed E-state index contributed by atoms with van der Waals surface area (Å²) in [6.07, 6.45) is 0.606. The monoisotopic (exact) mass is 240 g/mol. The van der Waals surface area contributed by atoms with Crippen LogP contribution < -0.4 is 5.32 Å². The fourth-order valence-corrected chi connectivity index (χ4v) is 2.11. The molecule has 0 radical (unpaired) electrons. The van der Waals surface area contributed by atoms with E-state index in [-0.39, 0.29) is 17.7 Å². The number of nitro groups is 1. The Morgan fingerprint density at radius 3 is 2.94 bits per heavy atom. The van der Waals surface area contributed by atoms with E-state index in [0.29, 0.717) is 19.5 Å². The van der Waals surface area contributed by atoms with E-state index in [1.807, 2.05) is 0 Å². The number of hydrogen-bond donors (Lipinski definition) is 2. The minimum atomic E-state index is -1.02. The molecule has 1 aromatic rings. The minimum absolute atomic E-state index is 0.0913. The van der Waals surface area contributed by atoms with E-state index in [2.05, 4.69) is 5.32 Å². The van der Waals surface area contributed by atoms with Crippen molar-refractivity contribution in [3.8, 4) is 0 Å². The van der Waals surface area contributed by atoms with E-state index in [9.17, 15) is 19.6 Å². The molecule has 2 N–H and O–H groups in total. The number of benzene rings is 1. The molecule has 5 nitrogen and oxygen atoms in total. The van der Waals surface area contributed by atoms with Gasteiger partial charge >= 0.3 is 0 Å².